The van der Waals surface area contributed by atoms with E-state index in [9.17, 15) is 13.2 Å². The van der Waals surface area contributed by atoms with Gasteiger partial charge in [0.2, 0.25) is 0 Å². The molecule has 2 N–H and O–H groups in total. The molecule has 148 valence electrons. The van der Waals surface area contributed by atoms with Crippen molar-refractivity contribution in [3.8, 4) is 0 Å². The van der Waals surface area contributed by atoms with Gasteiger partial charge in [-0.2, -0.15) is 13.2 Å². The van der Waals surface area contributed by atoms with Crippen molar-refractivity contribution in [1.82, 2.24) is 0 Å². The molecule has 0 atom stereocenters. The maximum Gasteiger partial charge on any atom is 0.485 e. The van der Waals surface area contributed by atoms with Gasteiger partial charge < -0.3 is 19.2 Å². The predicted octanol–water partition coefficient (Wildman–Crippen LogP) is 1.51. The Kier molecular flexibility index (Phi) is 10.2. The molecule has 2 rings (SSSR count). The van der Waals surface area contributed by atoms with Crippen LogP contribution in [0.2, 0.25) is 6.32 Å². The van der Waals surface area contributed by atoms with Crippen LogP contribution in [0.5, 0.6) is 0 Å². The van der Waals surface area contributed by atoms with Gasteiger partial charge in [0.25, 0.3) is 0 Å². The summed E-state index contributed by atoms with van der Waals surface area (Å²) in [5, 5.41) is 2.37. The van der Waals surface area contributed by atoms with Gasteiger partial charge in [-0.25, -0.2) is 8.42 Å². The first-order valence-corrected chi connectivity index (χ1v) is 9.72. The molecule has 1 aromatic rings. The van der Waals surface area contributed by atoms with Crippen LogP contribution in [-0.4, -0.2) is 45.4 Å². The summed E-state index contributed by atoms with van der Waals surface area (Å²) in [6.45, 7) is 3.99. The Bertz CT molecular complexity index is 595. The first-order chi connectivity index (χ1) is 12.2. The van der Waals surface area contributed by atoms with Gasteiger partial charge in [-0.05, 0) is 25.6 Å². The van der Waals surface area contributed by atoms with Gasteiger partial charge in [-0.15, -0.1) is 0 Å². The number of rotatable bonds is 7. The molecule has 11 heteroatoms. The van der Waals surface area contributed by atoms with Gasteiger partial charge in [-0.3, -0.25) is 0 Å². The Hall–Kier alpha value is -1.14. The molecule has 26 heavy (non-hydrogen) atoms. The summed E-state index contributed by atoms with van der Waals surface area (Å²) in [6, 6.07) is 10.6. The summed E-state index contributed by atoms with van der Waals surface area (Å²) in [4.78, 5) is 0. The number of alkyl halides is 3. The van der Waals surface area contributed by atoms with E-state index in [4.69, 9.17) is 22.3 Å². The molecule has 0 amide bonds. The molecule has 0 saturated carbocycles. The van der Waals surface area contributed by atoms with Gasteiger partial charge in [0.1, 0.15) is 6.54 Å². The lowest BCUT2D eigenvalue weighted by atomic mass is 9.81. The lowest BCUT2D eigenvalue weighted by Crippen LogP contribution is -2.82. The average molecular weight is 397 g/mol. The maximum absolute atomic E-state index is 10.7. The summed E-state index contributed by atoms with van der Waals surface area (Å²) in [5.74, 6) is 0. The van der Waals surface area contributed by atoms with Crippen molar-refractivity contribution in [2.45, 2.75) is 37.6 Å². The normalized spacial score (nSPS) is 15.3. The van der Waals surface area contributed by atoms with Crippen LogP contribution in [0, 0.1) is 0 Å². The number of benzene rings is 1. The highest BCUT2D eigenvalue weighted by Gasteiger charge is 2.36. The number of hydrogen-bond donors (Lipinski definition) is 1. The van der Waals surface area contributed by atoms with Crippen LogP contribution in [0.25, 0.3) is 0 Å². The van der Waals surface area contributed by atoms with Crippen LogP contribution in [0.4, 0.5) is 13.2 Å². The minimum Gasteiger partial charge on any atom is -0.741 e. The van der Waals surface area contributed by atoms with Gasteiger partial charge in [0.05, 0.1) is 6.54 Å². The fourth-order valence-electron chi connectivity index (χ4n) is 2.19. The lowest BCUT2D eigenvalue weighted by Gasteiger charge is -2.19. The molecule has 1 fully saturated rings. The standard InChI is InChI=1S/C14H22BNO2.CHF3O3S/c1-2-7-14(8-3-1)13-16-10-5-4-9-15-17-11-6-12-18-15;2-1(3,4)8(5,6)7/h1-3,7-8,16H,4-6,9-13H2;(H,5,6,7). The van der Waals surface area contributed by atoms with Crippen molar-refractivity contribution in [3.63, 3.8) is 0 Å². The van der Waals surface area contributed by atoms with Crippen LogP contribution in [0.15, 0.2) is 30.3 Å². The third kappa shape index (κ3) is 10.1. The van der Waals surface area contributed by atoms with Crippen molar-refractivity contribution in [2.24, 2.45) is 0 Å². The Balaban J connectivity index is 0.000000359. The molecule has 0 aromatic heterocycles. The van der Waals surface area contributed by atoms with Gasteiger partial charge >= 0.3 is 12.6 Å². The fourth-order valence-corrected chi connectivity index (χ4v) is 2.19. The van der Waals surface area contributed by atoms with Crippen LogP contribution in [0.3, 0.4) is 0 Å². The Labute approximate surface area is 152 Å². The third-order valence-corrected chi connectivity index (χ3v) is 4.07. The maximum atomic E-state index is 10.7. The lowest BCUT2D eigenvalue weighted by molar-refractivity contribution is -0.670. The van der Waals surface area contributed by atoms with Crippen molar-refractivity contribution >= 4 is 17.2 Å². The molecule has 1 aliphatic rings. The quantitative estimate of drug-likeness (QED) is 0.326. The monoisotopic (exact) mass is 397 g/mol. The molecule has 6 nitrogen and oxygen atoms in total. The smallest absolute Gasteiger partial charge is 0.485 e. The second kappa shape index (κ2) is 11.6. The molecular formula is C15H23BF3NO5S. The predicted molar refractivity (Wildman–Crippen MR) is 89.0 cm³/mol. The van der Waals surface area contributed by atoms with Crippen LogP contribution < -0.4 is 5.32 Å². The molecular weight excluding hydrogens is 374 g/mol. The van der Waals surface area contributed by atoms with E-state index < -0.39 is 15.6 Å². The second-order valence-corrected chi connectivity index (χ2v) is 7.06. The van der Waals surface area contributed by atoms with E-state index in [2.05, 4.69) is 35.6 Å². The molecule has 1 aromatic carbocycles. The molecule has 1 heterocycles. The van der Waals surface area contributed by atoms with E-state index in [1.54, 1.807) is 0 Å². The highest BCUT2D eigenvalue weighted by molar-refractivity contribution is 7.86. The third-order valence-electron chi connectivity index (χ3n) is 3.50. The van der Waals surface area contributed by atoms with Crippen molar-refractivity contribution < 1.29 is 40.8 Å². The first-order valence-electron chi connectivity index (χ1n) is 8.31. The molecule has 0 aliphatic carbocycles. The minimum absolute atomic E-state index is 0.0628. The fraction of sp³-hybridized carbons (Fsp3) is 0.600. The molecule has 1 aliphatic heterocycles. The Morgan fingerprint density at radius 1 is 1.12 bits per heavy atom. The zero-order chi connectivity index (χ0) is 19.5. The van der Waals surface area contributed by atoms with E-state index in [0.29, 0.717) is 0 Å². The molecule has 1 saturated heterocycles. The molecule has 0 spiro atoms. The largest absolute Gasteiger partial charge is 0.741 e. The molecule has 0 unspecified atom stereocenters. The van der Waals surface area contributed by atoms with Gasteiger partial charge in [0, 0.05) is 18.8 Å². The van der Waals surface area contributed by atoms with Crippen LogP contribution >= 0.6 is 0 Å². The van der Waals surface area contributed by atoms with E-state index in [0.717, 1.165) is 32.5 Å². The van der Waals surface area contributed by atoms with Crippen molar-refractivity contribution in [3.05, 3.63) is 35.9 Å². The number of hydrogen-bond acceptors (Lipinski definition) is 5. The molecule has 0 radical (unpaired) electrons. The number of nitrogens with two attached hydrogens (primary N) is 1. The van der Waals surface area contributed by atoms with Crippen molar-refractivity contribution in [1.29, 1.82) is 0 Å². The SMILES string of the molecule is O=S(=O)([O-])C(F)(F)F.c1ccc(C[NH2+]CCCCB2OCCCO2)cc1. The highest BCUT2D eigenvalue weighted by atomic mass is 32.2. The number of halogens is 3. The van der Waals surface area contributed by atoms with E-state index in [1.165, 1.54) is 24.9 Å². The zero-order valence-electron chi connectivity index (χ0n) is 14.3. The minimum atomic E-state index is -6.09. The van der Waals surface area contributed by atoms with Crippen molar-refractivity contribution in [2.75, 3.05) is 19.8 Å². The van der Waals surface area contributed by atoms with E-state index in [1.807, 2.05) is 0 Å². The Morgan fingerprint density at radius 3 is 2.23 bits per heavy atom. The first kappa shape index (κ1) is 22.9. The topological polar surface area (TPSA) is 92.3 Å². The van der Waals surface area contributed by atoms with E-state index >= 15 is 0 Å². The summed E-state index contributed by atoms with van der Waals surface area (Å²) < 4.78 is 69.9. The zero-order valence-corrected chi connectivity index (χ0v) is 15.1. The van der Waals surface area contributed by atoms with Gasteiger partial charge in [-0.1, -0.05) is 30.3 Å². The molecule has 0 bridgehead atoms. The summed E-state index contributed by atoms with van der Waals surface area (Å²) in [6.07, 6.45) is 4.51. The highest BCUT2D eigenvalue weighted by Crippen LogP contribution is 2.20. The van der Waals surface area contributed by atoms with Crippen LogP contribution in [0.1, 0.15) is 24.8 Å². The summed E-state index contributed by atoms with van der Waals surface area (Å²) in [7, 11) is -6.03. The second-order valence-electron chi connectivity index (χ2n) is 5.69. The number of unbranched alkanes of at least 4 members (excludes halogenated alkanes) is 1. The van der Waals surface area contributed by atoms with Crippen LogP contribution in [-0.2, 0) is 26.0 Å². The van der Waals surface area contributed by atoms with E-state index in [-0.39, 0.29) is 7.12 Å². The summed E-state index contributed by atoms with van der Waals surface area (Å²) in [5.41, 5.74) is -4.25. The average Bonchev–Trinajstić information content (AvgIpc) is 2.59. The summed E-state index contributed by atoms with van der Waals surface area (Å²) >= 11 is 0. The van der Waals surface area contributed by atoms with Gasteiger partial charge in [0.15, 0.2) is 10.1 Å². The number of quaternary nitrogens is 1. The Morgan fingerprint density at radius 2 is 1.69 bits per heavy atom.